The summed E-state index contributed by atoms with van der Waals surface area (Å²) in [6.07, 6.45) is 2.05. The number of thiophene rings is 1. The summed E-state index contributed by atoms with van der Waals surface area (Å²) in [7, 11) is 0. The summed E-state index contributed by atoms with van der Waals surface area (Å²) < 4.78 is 11.7. The Kier molecular flexibility index (Phi) is 6.08. The van der Waals surface area contributed by atoms with Crippen molar-refractivity contribution in [1.29, 1.82) is 0 Å². The lowest BCUT2D eigenvalue weighted by Crippen LogP contribution is -2.32. The average Bonchev–Trinajstić information content (AvgIpc) is 2.89. The molecule has 0 spiro atoms. The van der Waals surface area contributed by atoms with Crippen LogP contribution in [-0.4, -0.2) is 22.0 Å². The van der Waals surface area contributed by atoms with Gasteiger partial charge in [0.1, 0.15) is 5.60 Å². The quantitative estimate of drug-likeness (QED) is 0.462. The van der Waals surface area contributed by atoms with Crippen LogP contribution >= 0.6 is 23.6 Å². The number of benzene rings is 1. The summed E-state index contributed by atoms with van der Waals surface area (Å²) in [5.41, 5.74) is 2.16. The van der Waals surface area contributed by atoms with Gasteiger partial charge >= 0.3 is 5.97 Å². The molecular formula is C23H28O3S2. The van der Waals surface area contributed by atoms with E-state index in [1.807, 2.05) is 39.0 Å². The monoisotopic (exact) mass is 416 g/mol. The van der Waals surface area contributed by atoms with Crippen LogP contribution in [0.15, 0.2) is 30.3 Å². The second-order valence-corrected chi connectivity index (χ2v) is 10.7. The lowest BCUT2D eigenvalue weighted by molar-refractivity contribution is -0.0386. The minimum Gasteiger partial charge on any atom is -0.456 e. The van der Waals surface area contributed by atoms with E-state index in [9.17, 15) is 4.79 Å². The number of ether oxygens (including phenoxy) is 2. The van der Waals surface area contributed by atoms with E-state index in [4.69, 9.17) is 21.7 Å². The maximum Gasteiger partial charge on any atom is 0.340 e. The summed E-state index contributed by atoms with van der Waals surface area (Å²) in [5.74, 6) is -0.250. The van der Waals surface area contributed by atoms with Crippen LogP contribution in [0, 0.1) is 0 Å². The van der Waals surface area contributed by atoms with E-state index < -0.39 is 5.60 Å². The fraction of sp³-hybridized carbons (Fsp3) is 0.478. The Morgan fingerprint density at radius 1 is 1.21 bits per heavy atom. The molecule has 0 bridgehead atoms. The second kappa shape index (κ2) is 8.05. The van der Waals surface area contributed by atoms with Gasteiger partial charge in [0.25, 0.3) is 0 Å². The molecule has 0 saturated heterocycles. The van der Waals surface area contributed by atoms with E-state index in [1.165, 1.54) is 5.56 Å². The first-order chi connectivity index (χ1) is 13.0. The molecule has 0 fully saturated rings. The number of carbonyl (C=O) groups excluding carboxylic acids is 1. The maximum absolute atomic E-state index is 13.1. The van der Waals surface area contributed by atoms with Crippen LogP contribution in [-0.2, 0) is 35.3 Å². The van der Waals surface area contributed by atoms with Crippen molar-refractivity contribution in [3.63, 3.8) is 0 Å². The van der Waals surface area contributed by atoms with Gasteiger partial charge in [-0.1, -0.05) is 42.5 Å². The third kappa shape index (κ3) is 5.28. The highest BCUT2D eigenvalue weighted by Crippen LogP contribution is 2.38. The number of esters is 1. The molecule has 1 aliphatic heterocycles. The molecular weight excluding hydrogens is 388 g/mol. The van der Waals surface area contributed by atoms with Gasteiger partial charge in [0.2, 0.25) is 0 Å². The van der Waals surface area contributed by atoms with Gasteiger partial charge in [0.15, 0.2) is 0 Å². The van der Waals surface area contributed by atoms with Crippen molar-refractivity contribution in [1.82, 2.24) is 0 Å². The third-order valence-electron chi connectivity index (χ3n) is 4.56. The first kappa shape index (κ1) is 21.2. The maximum atomic E-state index is 13.1. The zero-order valence-electron chi connectivity index (χ0n) is 17.3. The topological polar surface area (TPSA) is 35.5 Å². The fourth-order valence-electron chi connectivity index (χ4n) is 3.37. The van der Waals surface area contributed by atoms with E-state index >= 15 is 0 Å². The Morgan fingerprint density at radius 2 is 1.89 bits per heavy atom. The molecule has 1 aromatic heterocycles. The van der Waals surface area contributed by atoms with Crippen molar-refractivity contribution in [2.24, 2.45) is 0 Å². The zero-order valence-corrected chi connectivity index (χ0v) is 18.9. The Hall–Kier alpha value is -1.56. The van der Waals surface area contributed by atoms with Crippen LogP contribution in [0.3, 0.4) is 0 Å². The van der Waals surface area contributed by atoms with Gasteiger partial charge in [-0.05, 0) is 45.7 Å². The van der Waals surface area contributed by atoms with E-state index in [1.54, 1.807) is 11.3 Å². The molecule has 5 heteroatoms. The minimum absolute atomic E-state index is 0.250. The molecule has 1 aromatic carbocycles. The number of hydrogen-bond donors (Lipinski definition) is 0. The number of fused-ring (bicyclic) bond motifs is 1. The molecule has 150 valence electrons. The van der Waals surface area contributed by atoms with Crippen LogP contribution in [0.25, 0.3) is 0 Å². The highest BCUT2D eigenvalue weighted by Gasteiger charge is 2.35. The summed E-state index contributed by atoms with van der Waals surface area (Å²) in [6, 6.07) is 10.2. The molecule has 3 rings (SSSR count). The lowest BCUT2D eigenvalue weighted by atomic mass is 9.92. The summed E-state index contributed by atoms with van der Waals surface area (Å²) in [4.78, 5) is 16.1. The molecule has 2 aromatic rings. The minimum atomic E-state index is -0.533. The van der Waals surface area contributed by atoms with E-state index in [2.05, 4.69) is 26.0 Å². The zero-order chi connectivity index (χ0) is 20.5. The molecule has 3 nitrogen and oxygen atoms in total. The van der Waals surface area contributed by atoms with Gasteiger partial charge in [-0.2, -0.15) is 0 Å². The number of thiocarbonyl (C=S) groups is 1. The number of hydrogen-bond acceptors (Lipinski definition) is 5. The van der Waals surface area contributed by atoms with Crippen molar-refractivity contribution in [2.45, 2.75) is 71.7 Å². The first-order valence-corrected chi connectivity index (χ1v) is 10.8. The molecule has 0 amide bonds. The Morgan fingerprint density at radius 3 is 2.54 bits per heavy atom. The van der Waals surface area contributed by atoms with Crippen LogP contribution in [0.4, 0.5) is 0 Å². The van der Waals surface area contributed by atoms with Crippen molar-refractivity contribution in [3.8, 4) is 0 Å². The molecule has 0 atom stereocenters. The Balaban J connectivity index is 1.90. The molecule has 0 unspecified atom stereocenters. The summed E-state index contributed by atoms with van der Waals surface area (Å²) >= 11 is 7.33. The SMILES string of the molecule is CC(C)(C)OC(=O)c1c(CC(=S)Cc2ccccc2)sc2c1CC(C)(C)OC2. The third-order valence-corrected chi connectivity index (χ3v) is 6.06. The smallest absolute Gasteiger partial charge is 0.340 e. The average molecular weight is 417 g/mol. The van der Waals surface area contributed by atoms with E-state index in [-0.39, 0.29) is 11.6 Å². The highest BCUT2D eigenvalue weighted by molar-refractivity contribution is 7.80. The van der Waals surface area contributed by atoms with Crippen molar-refractivity contribution >= 4 is 34.4 Å². The molecule has 2 heterocycles. The molecule has 1 aliphatic rings. The number of rotatable bonds is 5. The molecule has 0 aliphatic carbocycles. The second-order valence-electron chi connectivity index (χ2n) is 8.91. The van der Waals surface area contributed by atoms with Crippen molar-refractivity contribution in [3.05, 3.63) is 56.8 Å². The highest BCUT2D eigenvalue weighted by atomic mass is 32.1. The Bertz CT molecular complexity index is 873. The predicted molar refractivity (Wildman–Crippen MR) is 119 cm³/mol. The van der Waals surface area contributed by atoms with Gasteiger partial charge < -0.3 is 9.47 Å². The Labute approximate surface area is 177 Å². The van der Waals surface area contributed by atoms with Gasteiger partial charge in [-0.15, -0.1) is 11.3 Å². The predicted octanol–water partition coefficient (Wildman–Crippen LogP) is 5.71. The van der Waals surface area contributed by atoms with E-state index in [0.717, 1.165) is 26.6 Å². The molecule has 0 N–H and O–H groups in total. The van der Waals surface area contributed by atoms with Gasteiger partial charge in [0.05, 0.1) is 17.8 Å². The van der Waals surface area contributed by atoms with Crippen molar-refractivity contribution in [2.75, 3.05) is 0 Å². The van der Waals surface area contributed by atoms with Gasteiger partial charge in [0, 0.05) is 33.9 Å². The van der Waals surface area contributed by atoms with Crippen molar-refractivity contribution < 1.29 is 14.3 Å². The fourth-order valence-corrected chi connectivity index (χ4v) is 5.04. The standard InChI is InChI=1S/C23H28O3S2/c1-22(2,3)26-21(24)20-17-13-23(4,5)25-14-19(17)28-18(20)12-16(27)11-15-9-7-6-8-10-15/h6-10H,11-14H2,1-5H3. The number of carbonyl (C=O) groups is 1. The van der Waals surface area contributed by atoms with Crippen LogP contribution in [0.2, 0.25) is 0 Å². The van der Waals surface area contributed by atoms with Gasteiger partial charge in [-0.3, -0.25) is 0 Å². The normalized spacial score (nSPS) is 15.8. The molecule has 0 saturated carbocycles. The largest absolute Gasteiger partial charge is 0.456 e. The van der Waals surface area contributed by atoms with Crippen LogP contribution < -0.4 is 0 Å². The first-order valence-electron chi connectivity index (χ1n) is 9.60. The lowest BCUT2D eigenvalue weighted by Gasteiger charge is -2.30. The summed E-state index contributed by atoms with van der Waals surface area (Å²) in [6.45, 7) is 10.4. The molecule has 0 radical (unpaired) electrons. The van der Waals surface area contributed by atoms with Crippen LogP contribution in [0.1, 0.15) is 65.9 Å². The van der Waals surface area contributed by atoms with E-state index in [0.29, 0.717) is 25.0 Å². The molecule has 28 heavy (non-hydrogen) atoms. The van der Waals surface area contributed by atoms with Crippen LogP contribution in [0.5, 0.6) is 0 Å². The summed E-state index contributed by atoms with van der Waals surface area (Å²) in [5, 5.41) is 0. The van der Waals surface area contributed by atoms with Gasteiger partial charge in [-0.25, -0.2) is 4.79 Å².